The quantitative estimate of drug-likeness (QED) is 0.858. The minimum absolute atomic E-state index is 0.259. The van der Waals surface area contributed by atoms with Crippen LogP contribution < -0.4 is 10.5 Å². The lowest BCUT2D eigenvalue weighted by atomic mass is 10.2. The third-order valence-electron chi connectivity index (χ3n) is 2.51. The van der Waals surface area contributed by atoms with Gasteiger partial charge >= 0.3 is 0 Å². The molecule has 18 heavy (non-hydrogen) atoms. The topological polar surface area (TPSA) is 35.2 Å². The Balaban J connectivity index is 2.34. The fraction of sp³-hybridized carbons (Fsp3) is 0.0714. The summed E-state index contributed by atoms with van der Waals surface area (Å²) in [5, 5.41) is 0. The molecule has 0 fully saturated rings. The number of hydrogen-bond acceptors (Lipinski definition) is 2. The SMILES string of the molecule is Cc1cc(Oc2ccccc2C(N)=S)ccc1F. The smallest absolute Gasteiger partial charge is 0.137 e. The van der Waals surface area contributed by atoms with E-state index in [1.807, 2.05) is 12.1 Å². The van der Waals surface area contributed by atoms with Gasteiger partial charge in [-0.2, -0.15) is 0 Å². The minimum atomic E-state index is -0.259. The van der Waals surface area contributed by atoms with Crippen LogP contribution in [-0.4, -0.2) is 4.99 Å². The highest BCUT2D eigenvalue weighted by molar-refractivity contribution is 7.80. The van der Waals surface area contributed by atoms with Crippen molar-refractivity contribution in [3.8, 4) is 11.5 Å². The normalized spacial score (nSPS) is 10.1. The summed E-state index contributed by atoms with van der Waals surface area (Å²) in [6, 6.07) is 11.8. The van der Waals surface area contributed by atoms with Crippen LogP contribution in [0.2, 0.25) is 0 Å². The van der Waals surface area contributed by atoms with Crippen LogP contribution >= 0.6 is 12.2 Å². The molecule has 2 aromatic carbocycles. The molecule has 92 valence electrons. The van der Waals surface area contributed by atoms with Gasteiger partial charge in [0.1, 0.15) is 22.3 Å². The van der Waals surface area contributed by atoms with E-state index in [4.69, 9.17) is 22.7 Å². The maximum Gasteiger partial charge on any atom is 0.137 e. The Morgan fingerprint density at radius 3 is 2.61 bits per heavy atom. The first-order valence-corrected chi connectivity index (χ1v) is 5.81. The summed E-state index contributed by atoms with van der Waals surface area (Å²) in [5.74, 6) is 0.860. The standard InChI is InChI=1S/C14H12FNOS/c1-9-8-10(6-7-12(9)15)17-13-5-3-2-4-11(13)14(16)18/h2-8H,1H3,(H2,16,18). The molecule has 0 bridgehead atoms. The van der Waals surface area contributed by atoms with Crippen LogP contribution in [0.25, 0.3) is 0 Å². The first-order valence-electron chi connectivity index (χ1n) is 5.41. The van der Waals surface area contributed by atoms with Crippen LogP contribution in [0.4, 0.5) is 4.39 Å². The van der Waals surface area contributed by atoms with Gasteiger partial charge in [-0.3, -0.25) is 0 Å². The number of halogens is 1. The third kappa shape index (κ3) is 2.65. The summed E-state index contributed by atoms with van der Waals surface area (Å²) in [6.45, 7) is 1.68. The van der Waals surface area contributed by atoms with Crippen molar-refractivity contribution in [1.82, 2.24) is 0 Å². The van der Waals surface area contributed by atoms with Crippen LogP contribution in [-0.2, 0) is 0 Å². The van der Waals surface area contributed by atoms with Gasteiger partial charge in [0.15, 0.2) is 0 Å². The average Bonchev–Trinajstić information content (AvgIpc) is 2.34. The Morgan fingerprint density at radius 1 is 1.22 bits per heavy atom. The fourth-order valence-corrected chi connectivity index (χ4v) is 1.74. The number of thiocarbonyl (C=S) groups is 1. The molecule has 0 aromatic heterocycles. The predicted octanol–water partition coefficient (Wildman–Crippen LogP) is 3.56. The van der Waals surface area contributed by atoms with Gasteiger partial charge in [-0.25, -0.2) is 4.39 Å². The molecule has 0 saturated carbocycles. The van der Waals surface area contributed by atoms with Crippen LogP contribution in [0.15, 0.2) is 42.5 Å². The number of hydrogen-bond donors (Lipinski definition) is 1. The lowest BCUT2D eigenvalue weighted by molar-refractivity contribution is 0.479. The van der Waals surface area contributed by atoms with Crippen LogP contribution in [0.5, 0.6) is 11.5 Å². The lowest BCUT2D eigenvalue weighted by Crippen LogP contribution is -2.10. The minimum Gasteiger partial charge on any atom is -0.457 e. The second-order valence-electron chi connectivity index (χ2n) is 3.87. The van der Waals surface area contributed by atoms with Crippen molar-refractivity contribution in [2.24, 2.45) is 5.73 Å². The van der Waals surface area contributed by atoms with E-state index in [0.717, 1.165) is 0 Å². The van der Waals surface area contributed by atoms with Crippen LogP contribution in [0.1, 0.15) is 11.1 Å². The van der Waals surface area contributed by atoms with E-state index < -0.39 is 0 Å². The molecule has 2 nitrogen and oxygen atoms in total. The van der Waals surface area contributed by atoms with E-state index in [1.165, 1.54) is 6.07 Å². The summed E-state index contributed by atoms with van der Waals surface area (Å²) in [6.07, 6.45) is 0. The Kier molecular flexibility index (Phi) is 3.58. The summed E-state index contributed by atoms with van der Waals surface area (Å²) >= 11 is 4.95. The summed E-state index contributed by atoms with van der Waals surface area (Å²) < 4.78 is 18.8. The largest absolute Gasteiger partial charge is 0.457 e. The summed E-state index contributed by atoms with van der Waals surface area (Å²) in [5.41, 5.74) is 6.80. The molecule has 0 atom stereocenters. The molecule has 2 aromatic rings. The lowest BCUT2D eigenvalue weighted by Gasteiger charge is -2.10. The number of rotatable bonds is 3. The second-order valence-corrected chi connectivity index (χ2v) is 4.31. The molecule has 0 aliphatic carbocycles. The molecule has 0 aliphatic rings. The third-order valence-corrected chi connectivity index (χ3v) is 2.73. The van der Waals surface area contributed by atoms with Gasteiger partial charge in [0.25, 0.3) is 0 Å². The zero-order valence-corrected chi connectivity index (χ0v) is 10.6. The molecule has 0 saturated heterocycles. The number of ether oxygens (including phenoxy) is 1. The summed E-state index contributed by atoms with van der Waals surface area (Å²) in [7, 11) is 0. The van der Waals surface area contributed by atoms with Gasteiger partial charge in [0.2, 0.25) is 0 Å². The zero-order chi connectivity index (χ0) is 13.1. The van der Waals surface area contributed by atoms with Crippen molar-refractivity contribution in [3.63, 3.8) is 0 Å². The van der Waals surface area contributed by atoms with Crippen molar-refractivity contribution < 1.29 is 9.13 Å². The van der Waals surface area contributed by atoms with E-state index in [2.05, 4.69) is 0 Å². The summed E-state index contributed by atoms with van der Waals surface area (Å²) in [4.78, 5) is 0.268. The van der Waals surface area contributed by atoms with Gasteiger partial charge in [-0.05, 0) is 42.8 Å². The maximum atomic E-state index is 13.1. The van der Waals surface area contributed by atoms with Gasteiger partial charge in [-0.15, -0.1) is 0 Å². The number of benzene rings is 2. The zero-order valence-electron chi connectivity index (χ0n) is 9.81. The van der Waals surface area contributed by atoms with Crippen LogP contribution in [0.3, 0.4) is 0 Å². The Bertz CT molecular complexity index is 598. The van der Waals surface area contributed by atoms with Crippen molar-refractivity contribution in [2.45, 2.75) is 6.92 Å². The van der Waals surface area contributed by atoms with Crippen molar-refractivity contribution in [2.75, 3.05) is 0 Å². The molecular formula is C14H12FNOS. The van der Waals surface area contributed by atoms with Crippen molar-refractivity contribution in [1.29, 1.82) is 0 Å². The molecule has 0 aliphatic heterocycles. The molecule has 0 spiro atoms. The average molecular weight is 261 g/mol. The molecule has 0 unspecified atom stereocenters. The monoisotopic (exact) mass is 261 g/mol. The first kappa shape index (κ1) is 12.5. The molecule has 4 heteroatoms. The maximum absolute atomic E-state index is 13.1. The van der Waals surface area contributed by atoms with Crippen molar-refractivity contribution >= 4 is 17.2 Å². The molecule has 0 radical (unpaired) electrons. The van der Waals surface area contributed by atoms with E-state index >= 15 is 0 Å². The van der Waals surface area contributed by atoms with Gasteiger partial charge in [0.05, 0.1) is 5.56 Å². The van der Waals surface area contributed by atoms with Crippen molar-refractivity contribution in [3.05, 3.63) is 59.4 Å². The first-order chi connectivity index (χ1) is 8.58. The van der Waals surface area contributed by atoms with E-state index in [1.54, 1.807) is 31.2 Å². The highest BCUT2D eigenvalue weighted by Crippen LogP contribution is 2.26. The van der Waals surface area contributed by atoms with Gasteiger partial charge in [0, 0.05) is 0 Å². The van der Waals surface area contributed by atoms with E-state index in [-0.39, 0.29) is 10.8 Å². The number of aryl methyl sites for hydroxylation is 1. The van der Waals surface area contributed by atoms with E-state index in [0.29, 0.717) is 22.6 Å². The molecule has 2 rings (SSSR count). The van der Waals surface area contributed by atoms with Crippen LogP contribution in [0, 0.1) is 12.7 Å². The Hall–Kier alpha value is -1.94. The highest BCUT2D eigenvalue weighted by Gasteiger charge is 2.07. The predicted molar refractivity (Wildman–Crippen MR) is 73.5 cm³/mol. The van der Waals surface area contributed by atoms with Gasteiger partial charge in [-0.1, -0.05) is 24.4 Å². The molecule has 0 heterocycles. The van der Waals surface area contributed by atoms with Gasteiger partial charge < -0.3 is 10.5 Å². The second kappa shape index (κ2) is 5.14. The number of nitrogens with two attached hydrogens (primary N) is 1. The fourth-order valence-electron chi connectivity index (χ4n) is 1.57. The molecule has 0 amide bonds. The Labute approximate surface area is 110 Å². The highest BCUT2D eigenvalue weighted by atomic mass is 32.1. The molecular weight excluding hydrogens is 249 g/mol. The van der Waals surface area contributed by atoms with E-state index in [9.17, 15) is 4.39 Å². The molecule has 2 N–H and O–H groups in total. The number of para-hydroxylation sites is 1. The Morgan fingerprint density at radius 2 is 1.94 bits per heavy atom.